The molecule has 0 aliphatic rings. The van der Waals surface area contributed by atoms with Crippen LogP contribution in [0.15, 0.2) is 30.3 Å². The number of aromatic nitrogens is 1. The van der Waals surface area contributed by atoms with Gasteiger partial charge in [-0.15, -0.1) is 11.3 Å². The van der Waals surface area contributed by atoms with Gasteiger partial charge in [-0.2, -0.15) is 0 Å². The number of nitrogens with zero attached hydrogens (tertiary/aromatic N) is 1. The molecule has 2 rings (SSSR count). The van der Waals surface area contributed by atoms with Crippen molar-refractivity contribution in [1.29, 1.82) is 0 Å². The lowest BCUT2D eigenvalue weighted by Gasteiger charge is -2.01. The fourth-order valence-electron chi connectivity index (χ4n) is 1.85. The van der Waals surface area contributed by atoms with Gasteiger partial charge in [-0.1, -0.05) is 44.2 Å². The van der Waals surface area contributed by atoms with Crippen molar-refractivity contribution >= 4 is 11.3 Å². The molecule has 0 aliphatic heterocycles. The number of rotatable bonds is 5. The summed E-state index contributed by atoms with van der Waals surface area (Å²) >= 11 is 1.85. The summed E-state index contributed by atoms with van der Waals surface area (Å²) in [5.74, 6) is 0.501. The van der Waals surface area contributed by atoms with Gasteiger partial charge < -0.3 is 5.32 Å². The Morgan fingerprint density at radius 3 is 2.56 bits per heavy atom. The summed E-state index contributed by atoms with van der Waals surface area (Å²) in [4.78, 5) is 6.21. The summed E-state index contributed by atoms with van der Waals surface area (Å²) < 4.78 is 0. The van der Waals surface area contributed by atoms with Crippen molar-refractivity contribution in [3.8, 4) is 11.3 Å². The van der Waals surface area contributed by atoms with Crippen molar-refractivity contribution in [2.45, 2.75) is 26.2 Å². The first-order valence-corrected chi connectivity index (χ1v) is 7.23. The van der Waals surface area contributed by atoms with Crippen molar-refractivity contribution in [3.05, 3.63) is 40.2 Å². The van der Waals surface area contributed by atoms with Crippen LogP contribution in [-0.2, 0) is 6.42 Å². The first-order valence-electron chi connectivity index (χ1n) is 6.42. The molecule has 0 aliphatic carbocycles. The molecule has 1 N–H and O–H groups in total. The highest BCUT2D eigenvalue weighted by molar-refractivity contribution is 7.12. The molecule has 0 unspecified atom stereocenters. The first kappa shape index (κ1) is 13.2. The lowest BCUT2D eigenvalue weighted by molar-refractivity contribution is 0.798. The van der Waals surface area contributed by atoms with Crippen molar-refractivity contribution in [2.24, 2.45) is 0 Å². The quantitative estimate of drug-likeness (QED) is 0.886. The average molecular weight is 260 g/mol. The van der Waals surface area contributed by atoms with Crippen LogP contribution in [0.25, 0.3) is 11.3 Å². The Hall–Kier alpha value is -1.19. The van der Waals surface area contributed by atoms with E-state index in [1.165, 1.54) is 21.1 Å². The molecule has 0 fully saturated rings. The van der Waals surface area contributed by atoms with E-state index in [9.17, 15) is 0 Å². The third-order valence-corrected chi connectivity index (χ3v) is 4.27. The fourth-order valence-corrected chi connectivity index (χ4v) is 2.94. The van der Waals surface area contributed by atoms with E-state index < -0.39 is 0 Å². The largest absolute Gasteiger partial charge is 0.319 e. The zero-order valence-electron chi connectivity index (χ0n) is 11.2. The van der Waals surface area contributed by atoms with Crippen LogP contribution >= 0.6 is 11.3 Å². The topological polar surface area (TPSA) is 24.9 Å². The predicted molar refractivity (Wildman–Crippen MR) is 79.3 cm³/mol. The summed E-state index contributed by atoms with van der Waals surface area (Å²) in [6.07, 6.45) is 1.05. The Morgan fingerprint density at radius 1 is 1.22 bits per heavy atom. The molecule has 2 nitrogen and oxygen atoms in total. The highest BCUT2D eigenvalue weighted by Crippen LogP contribution is 2.31. The highest BCUT2D eigenvalue weighted by atomic mass is 32.1. The molecule has 1 aromatic heterocycles. The molecule has 0 radical (unpaired) electrons. The Bertz CT molecular complexity index is 488. The fraction of sp³-hybridized carbons (Fsp3) is 0.400. The van der Waals surface area contributed by atoms with Gasteiger partial charge in [-0.25, -0.2) is 4.98 Å². The van der Waals surface area contributed by atoms with E-state index in [2.05, 4.69) is 43.4 Å². The minimum absolute atomic E-state index is 0.501. The average Bonchev–Trinajstić information content (AvgIpc) is 2.81. The summed E-state index contributed by atoms with van der Waals surface area (Å²) in [6.45, 7) is 5.41. The molecule has 2 aromatic rings. The van der Waals surface area contributed by atoms with E-state index in [-0.39, 0.29) is 0 Å². The van der Waals surface area contributed by atoms with Crippen LogP contribution in [0, 0.1) is 0 Å². The van der Waals surface area contributed by atoms with E-state index in [1.54, 1.807) is 0 Å². The van der Waals surface area contributed by atoms with Crippen molar-refractivity contribution < 1.29 is 0 Å². The van der Waals surface area contributed by atoms with Crippen LogP contribution in [0.5, 0.6) is 0 Å². The Balaban J connectivity index is 2.37. The molecule has 1 heterocycles. The molecular weight excluding hydrogens is 240 g/mol. The van der Waals surface area contributed by atoms with Gasteiger partial charge in [-0.3, -0.25) is 0 Å². The molecule has 0 atom stereocenters. The number of nitrogens with one attached hydrogen (secondary N) is 1. The molecular formula is C15H20N2S. The van der Waals surface area contributed by atoms with Crippen LogP contribution in [0.2, 0.25) is 0 Å². The monoisotopic (exact) mass is 260 g/mol. The smallest absolute Gasteiger partial charge is 0.0960 e. The molecule has 0 spiro atoms. The lowest BCUT2D eigenvalue weighted by Crippen LogP contribution is -2.09. The molecule has 0 bridgehead atoms. The number of hydrogen-bond acceptors (Lipinski definition) is 3. The first-order chi connectivity index (χ1) is 8.72. The third-order valence-electron chi connectivity index (χ3n) is 2.86. The summed E-state index contributed by atoms with van der Waals surface area (Å²) in [5.41, 5.74) is 2.39. The zero-order chi connectivity index (χ0) is 13.0. The third kappa shape index (κ3) is 2.98. The maximum atomic E-state index is 4.82. The molecule has 0 saturated heterocycles. The van der Waals surface area contributed by atoms with Gasteiger partial charge in [0.1, 0.15) is 0 Å². The number of likely N-dealkylation sites (N-methyl/N-ethyl adjacent to an activating group) is 1. The highest BCUT2D eigenvalue weighted by Gasteiger charge is 2.14. The minimum Gasteiger partial charge on any atom is -0.319 e. The second kappa shape index (κ2) is 6.12. The van der Waals surface area contributed by atoms with Gasteiger partial charge in [0.2, 0.25) is 0 Å². The SMILES string of the molecule is CNCCc1sc(C(C)C)nc1-c1ccccc1. The molecule has 0 saturated carbocycles. The maximum Gasteiger partial charge on any atom is 0.0960 e. The Labute approximate surface area is 113 Å². The van der Waals surface area contributed by atoms with E-state index >= 15 is 0 Å². The number of thiazole rings is 1. The van der Waals surface area contributed by atoms with E-state index in [0.717, 1.165) is 13.0 Å². The van der Waals surface area contributed by atoms with Gasteiger partial charge in [0.15, 0.2) is 0 Å². The second-order valence-corrected chi connectivity index (χ2v) is 5.81. The van der Waals surface area contributed by atoms with Gasteiger partial charge in [-0.05, 0) is 20.0 Å². The van der Waals surface area contributed by atoms with Crippen LogP contribution in [-0.4, -0.2) is 18.6 Å². The summed E-state index contributed by atoms with van der Waals surface area (Å²) in [7, 11) is 1.99. The van der Waals surface area contributed by atoms with Crippen molar-refractivity contribution in [3.63, 3.8) is 0 Å². The zero-order valence-corrected chi connectivity index (χ0v) is 12.1. The lowest BCUT2D eigenvalue weighted by atomic mass is 10.1. The minimum atomic E-state index is 0.501. The molecule has 0 amide bonds. The predicted octanol–water partition coefficient (Wildman–Crippen LogP) is 3.70. The summed E-state index contributed by atoms with van der Waals surface area (Å²) in [6, 6.07) is 10.5. The maximum absolute atomic E-state index is 4.82. The van der Waals surface area contributed by atoms with Gasteiger partial charge >= 0.3 is 0 Å². The van der Waals surface area contributed by atoms with Crippen LogP contribution in [0.3, 0.4) is 0 Å². The normalized spacial score (nSPS) is 11.1. The Morgan fingerprint density at radius 2 is 1.94 bits per heavy atom. The van der Waals surface area contributed by atoms with Crippen molar-refractivity contribution in [2.75, 3.05) is 13.6 Å². The van der Waals surface area contributed by atoms with E-state index in [4.69, 9.17) is 4.98 Å². The van der Waals surface area contributed by atoms with Gasteiger partial charge in [0.25, 0.3) is 0 Å². The van der Waals surface area contributed by atoms with Crippen molar-refractivity contribution in [1.82, 2.24) is 10.3 Å². The number of benzene rings is 1. The van der Waals surface area contributed by atoms with Crippen LogP contribution < -0.4 is 5.32 Å². The van der Waals surface area contributed by atoms with Crippen LogP contribution in [0.4, 0.5) is 0 Å². The van der Waals surface area contributed by atoms with E-state index in [1.807, 2.05) is 24.5 Å². The van der Waals surface area contributed by atoms with Crippen LogP contribution in [0.1, 0.15) is 29.7 Å². The van der Waals surface area contributed by atoms with Gasteiger partial charge in [0, 0.05) is 16.4 Å². The second-order valence-electron chi connectivity index (χ2n) is 4.70. The molecule has 3 heteroatoms. The summed E-state index contributed by atoms with van der Waals surface area (Å²) in [5, 5.41) is 4.45. The van der Waals surface area contributed by atoms with Gasteiger partial charge in [0.05, 0.1) is 10.7 Å². The van der Waals surface area contributed by atoms with E-state index in [0.29, 0.717) is 5.92 Å². The Kier molecular flexibility index (Phi) is 4.50. The molecule has 1 aromatic carbocycles. The standard InChI is InChI=1S/C15H20N2S/c1-11(2)15-17-14(12-7-5-4-6-8-12)13(18-15)9-10-16-3/h4-8,11,16H,9-10H2,1-3H3. The number of hydrogen-bond donors (Lipinski definition) is 1. The molecule has 18 heavy (non-hydrogen) atoms. The molecule has 96 valence electrons.